The van der Waals surface area contributed by atoms with E-state index < -0.39 is 0 Å². The molecule has 1 aliphatic rings. The van der Waals surface area contributed by atoms with Crippen molar-refractivity contribution in [2.75, 3.05) is 7.11 Å². The Kier molecular flexibility index (Phi) is 1.97. The van der Waals surface area contributed by atoms with Crippen LogP contribution in [0.5, 0.6) is 0 Å². The molecule has 1 rings (SSSR count). The van der Waals surface area contributed by atoms with Crippen molar-refractivity contribution in [3.05, 3.63) is 0 Å². The Hall–Kier alpha value is -0.530. The molecular formula is C8H14O2. The van der Waals surface area contributed by atoms with Gasteiger partial charge in [-0.3, -0.25) is 4.79 Å². The molecule has 0 aromatic rings. The van der Waals surface area contributed by atoms with Crippen LogP contribution in [0.4, 0.5) is 0 Å². The van der Waals surface area contributed by atoms with Gasteiger partial charge in [-0.15, -0.1) is 0 Å². The molecule has 1 fully saturated rings. The first-order chi connectivity index (χ1) is 4.75. The van der Waals surface area contributed by atoms with Crippen LogP contribution < -0.4 is 0 Å². The summed E-state index contributed by atoms with van der Waals surface area (Å²) >= 11 is 0. The van der Waals surface area contributed by atoms with Gasteiger partial charge in [0.25, 0.3) is 0 Å². The second-order valence-electron chi connectivity index (χ2n) is 2.98. The zero-order valence-corrected chi connectivity index (χ0v) is 6.64. The van der Waals surface area contributed by atoms with Gasteiger partial charge in [-0.1, -0.05) is 13.3 Å². The lowest BCUT2D eigenvalue weighted by molar-refractivity contribution is -0.158. The maximum absolute atomic E-state index is 11.1. The number of rotatable bonds is 2. The molecular weight excluding hydrogens is 128 g/mol. The SMILES string of the molecule is CCC1(C(=O)OC)CCC1. The van der Waals surface area contributed by atoms with E-state index in [2.05, 4.69) is 6.92 Å². The fraction of sp³-hybridized carbons (Fsp3) is 0.875. The summed E-state index contributed by atoms with van der Waals surface area (Å²) in [6, 6.07) is 0. The van der Waals surface area contributed by atoms with E-state index in [9.17, 15) is 4.79 Å². The monoisotopic (exact) mass is 142 g/mol. The van der Waals surface area contributed by atoms with Gasteiger partial charge in [0.15, 0.2) is 0 Å². The molecule has 58 valence electrons. The fourth-order valence-corrected chi connectivity index (χ4v) is 1.52. The molecule has 0 bridgehead atoms. The zero-order chi connectivity index (χ0) is 7.61. The van der Waals surface area contributed by atoms with Crippen molar-refractivity contribution in [2.24, 2.45) is 5.41 Å². The lowest BCUT2D eigenvalue weighted by Gasteiger charge is -2.37. The van der Waals surface area contributed by atoms with Crippen LogP contribution in [0.1, 0.15) is 32.6 Å². The van der Waals surface area contributed by atoms with Crippen molar-refractivity contribution in [3.63, 3.8) is 0 Å². The summed E-state index contributed by atoms with van der Waals surface area (Å²) in [7, 11) is 1.47. The minimum Gasteiger partial charge on any atom is -0.469 e. The minimum absolute atomic E-state index is 0.0127. The Morgan fingerprint density at radius 1 is 1.60 bits per heavy atom. The third-order valence-electron chi connectivity index (χ3n) is 2.61. The number of carbonyl (C=O) groups is 1. The normalized spacial score (nSPS) is 21.4. The van der Waals surface area contributed by atoms with E-state index in [-0.39, 0.29) is 11.4 Å². The van der Waals surface area contributed by atoms with Crippen LogP contribution in [0.15, 0.2) is 0 Å². The van der Waals surface area contributed by atoms with Gasteiger partial charge in [-0.05, 0) is 19.3 Å². The van der Waals surface area contributed by atoms with E-state index in [1.165, 1.54) is 13.5 Å². The van der Waals surface area contributed by atoms with Gasteiger partial charge in [0.1, 0.15) is 0 Å². The van der Waals surface area contributed by atoms with E-state index >= 15 is 0 Å². The van der Waals surface area contributed by atoms with Gasteiger partial charge in [-0.25, -0.2) is 0 Å². The number of hydrogen-bond donors (Lipinski definition) is 0. The molecule has 0 spiro atoms. The van der Waals surface area contributed by atoms with Gasteiger partial charge in [0, 0.05) is 0 Å². The lowest BCUT2D eigenvalue weighted by Crippen LogP contribution is -2.38. The molecule has 0 aromatic heterocycles. The van der Waals surface area contributed by atoms with Gasteiger partial charge in [-0.2, -0.15) is 0 Å². The second-order valence-corrected chi connectivity index (χ2v) is 2.98. The highest BCUT2D eigenvalue weighted by Crippen LogP contribution is 2.44. The summed E-state index contributed by atoms with van der Waals surface area (Å²) in [4.78, 5) is 11.1. The van der Waals surface area contributed by atoms with Crippen LogP contribution in [-0.2, 0) is 9.53 Å². The minimum atomic E-state index is -0.0885. The molecule has 0 saturated heterocycles. The molecule has 0 radical (unpaired) electrons. The molecule has 0 unspecified atom stereocenters. The number of ether oxygens (including phenoxy) is 1. The van der Waals surface area contributed by atoms with Crippen LogP contribution >= 0.6 is 0 Å². The summed E-state index contributed by atoms with van der Waals surface area (Å²) < 4.78 is 4.71. The topological polar surface area (TPSA) is 26.3 Å². The highest BCUT2D eigenvalue weighted by atomic mass is 16.5. The van der Waals surface area contributed by atoms with Crippen LogP contribution in [0, 0.1) is 5.41 Å². The zero-order valence-electron chi connectivity index (χ0n) is 6.64. The van der Waals surface area contributed by atoms with Gasteiger partial charge in [0.05, 0.1) is 12.5 Å². The van der Waals surface area contributed by atoms with E-state index in [0.717, 1.165) is 19.3 Å². The van der Waals surface area contributed by atoms with Gasteiger partial charge < -0.3 is 4.74 Å². The Balaban J connectivity index is 2.55. The molecule has 0 atom stereocenters. The van der Waals surface area contributed by atoms with Gasteiger partial charge in [0.2, 0.25) is 0 Å². The molecule has 1 saturated carbocycles. The highest BCUT2D eigenvalue weighted by Gasteiger charge is 2.43. The summed E-state index contributed by atoms with van der Waals surface area (Å²) in [5.74, 6) is -0.0127. The summed E-state index contributed by atoms with van der Waals surface area (Å²) in [6.07, 6.45) is 4.16. The number of esters is 1. The Bertz CT molecular complexity index is 131. The van der Waals surface area contributed by atoms with Crippen molar-refractivity contribution < 1.29 is 9.53 Å². The maximum Gasteiger partial charge on any atom is 0.311 e. The van der Waals surface area contributed by atoms with E-state index in [1.54, 1.807) is 0 Å². The fourth-order valence-electron chi connectivity index (χ4n) is 1.52. The number of methoxy groups -OCH3 is 1. The van der Waals surface area contributed by atoms with Crippen molar-refractivity contribution in [3.8, 4) is 0 Å². The predicted molar refractivity (Wildman–Crippen MR) is 38.6 cm³/mol. The number of carbonyl (C=O) groups excluding carboxylic acids is 1. The van der Waals surface area contributed by atoms with Crippen LogP contribution in [0.2, 0.25) is 0 Å². The molecule has 2 heteroatoms. The molecule has 0 amide bonds. The first-order valence-corrected chi connectivity index (χ1v) is 3.83. The average molecular weight is 142 g/mol. The third-order valence-corrected chi connectivity index (χ3v) is 2.61. The first kappa shape index (κ1) is 7.58. The molecule has 0 aromatic carbocycles. The van der Waals surface area contributed by atoms with Gasteiger partial charge >= 0.3 is 5.97 Å². The van der Waals surface area contributed by atoms with Crippen molar-refractivity contribution in [1.82, 2.24) is 0 Å². The molecule has 0 heterocycles. The smallest absolute Gasteiger partial charge is 0.311 e. The van der Waals surface area contributed by atoms with E-state index in [0.29, 0.717) is 0 Å². The molecule has 10 heavy (non-hydrogen) atoms. The molecule has 2 nitrogen and oxygen atoms in total. The van der Waals surface area contributed by atoms with Crippen molar-refractivity contribution >= 4 is 5.97 Å². The van der Waals surface area contributed by atoms with Crippen LogP contribution in [0.25, 0.3) is 0 Å². The quantitative estimate of drug-likeness (QED) is 0.549. The highest BCUT2D eigenvalue weighted by molar-refractivity contribution is 5.77. The standard InChI is InChI=1S/C8H14O2/c1-3-8(5-4-6-8)7(9)10-2/h3-6H2,1-2H3. The largest absolute Gasteiger partial charge is 0.469 e. The molecule has 1 aliphatic carbocycles. The second kappa shape index (κ2) is 2.60. The third kappa shape index (κ3) is 0.917. The predicted octanol–water partition coefficient (Wildman–Crippen LogP) is 1.74. The average Bonchev–Trinajstić information content (AvgIpc) is 1.86. The Morgan fingerprint density at radius 3 is 2.30 bits per heavy atom. The summed E-state index contributed by atoms with van der Waals surface area (Å²) in [5, 5.41) is 0. The van der Waals surface area contributed by atoms with Crippen molar-refractivity contribution in [1.29, 1.82) is 0 Å². The Labute approximate surface area is 61.6 Å². The van der Waals surface area contributed by atoms with Crippen LogP contribution in [0.3, 0.4) is 0 Å². The Morgan fingerprint density at radius 2 is 2.20 bits per heavy atom. The molecule has 0 aliphatic heterocycles. The maximum atomic E-state index is 11.1. The summed E-state index contributed by atoms with van der Waals surface area (Å²) in [5.41, 5.74) is -0.0885. The van der Waals surface area contributed by atoms with E-state index in [1.807, 2.05) is 0 Å². The lowest BCUT2D eigenvalue weighted by atomic mass is 9.67. The summed E-state index contributed by atoms with van der Waals surface area (Å²) in [6.45, 7) is 2.05. The van der Waals surface area contributed by atoms with Crippen molar-refractivity contribution in [2.45, 2.75) is 32.6 Å². The van der Waals surface area contributed by atoms with Crippen LogP contribution in [-0.4, -0.2) is 13.1 Å². The first-order valence-electron chi connectivity index (χ1n) is 3.83. The number of hydrogen-bond acceptors (Lipinski definition) is 2. The van der Waals surface area contributed by atoms with E-state index in [4.69, 9.17) is 4.74 Å². The molecule has 0 N–H and O–H groups in total.